The molecule has 0 spiro atoms. The highest BCUT2D eigenvalue weighted by Gasteiger charge is 2.63. The summed E-state index contributed by atoms with van der Waals surface area (Å²) in [5.74, 6) is 0. The molecule has 0 aromatic rings. The summed E-state index contributed by atoms with van der Waals surface area (Å²) in [7, 11) is 4.71. The molecule has 0 radical (unpaired) electrons. The van der Waals surface area contributed by atoms with Crippen molar-refractivity contribution in [3.05, 3.63) is 0 Å². The SMILES string of the molecule is CCCC1(OC)C(N(C)CO)CCC[Si]1(OC)OC. The Balaban J connectivity index is 3.23. The highest BCUT2D eigenvalue weighted by atomic mass is 28.4. The van der Waals surface area contributed by atoms with Crippen LogP contribution in [0.3, 0.4) is 0 Å². The molecule has 1 heterocycles. The minimum absolute atomic E-state index is 0.0252. The molecule has 0 bridgehead atoms. The predicted molar refractivity (Wildman–Crippen MR) is 77.1 cm³/mol. The fraction of sp³-hybridized carbons (Fsp3) is 1.00. The number of ether oxygens (including phenoxy) is 1. The number of hydrogen-bond acceptors (Lipinski definition) is 5. The zero-order valence-corrected chi connectivity index (χ0v) is 13.9. The second-order valence-electron chi connectivity index (χ2n) is 5.31. The molecule has 1 aliphatic rings. The van der Waals surface area contributed by atoms with Crippen molar-refractivity contribution in [3.63, 3.8) is 0 Å². The fourth-order valence-corrected chi connectivity index (χ4v) is 7.83. The molecule has 5 nitrogen and oxygen atoms in total. The third kappa shape index (κ3) is 2.75. The predicted octanol–water partition coefficient (Wildman–Crippen LogP) is 1.49. The molecule has 6 heteroatoms. The Kier molecular flexibility index (Phi) is 6.42. The number of hydrogen-bond donors (Lipinski definition) is 1. The average Bonchev–Trinajstić information content (AvgIpc) is 2.46. The van der Waals surface area contributed by atoms with E-state index in [1.54, 1.807) is 21.3 Å². The lowest BCUT2D eigenvalue weighted by Gasteiger charge is -2.54. The Labute approximate surface area is 118 Å². The molecule has 114 valence electrons. The van der Waals surface area contributed by atoms with Crippen molar-refractivity contribution < 1.29 is 18.7 Å². The van der Waals surface area contributed by atoms with Crippen LogP contribution >= 0.6 is 0 Å². The Morgan fingerprint density at radius 2 is 1.95 bits per heavy atom. The molecule has 1 saturated heterocycles. The zero-order valence-electron chi connectivity index (χ0n) is 12.9. The first-order valence-electron chi connectivity index (χ1n) is 7.04. The van der Waals surface area contributed by atoms with Crippen LogP contribution in [-0.2, 0) is 13.6 Å². The monoisotopic (exact) mass is 291 g/mol. The molecule has 1 rings (SSSR count). The van der Waals surface area contributed by atoms with E-state index in [9.17, 15) is 5.11 Å². The quantitative estimate of drug-likeness (QED) is 0.569. The van der Waals surface area contributed by atoms with Gasteiger partial charge in [0.25, 0.3) is 0 Å². The van der Waals surface area contributed by atoms with Crippen LogP contribution in [0.15, 0.2) is 0 Å². The number of rotatable bonds is 7. The lowest BCUT2D eigenvalue weighted by Crippen LogP contribution is -2.73. The Morgan fingerprint density at radius 1 is 1.32 bits per heavy atom. The summed E-state index contributed by atoms with van der Waals surface area (Å²) in [6.45, 7) is 2.17. The number of nitrogens with zero attached hydrogens (tertiary/aromatic N) is 1. The van der Waals surface area contributed by atoms with E-state index in [-0.39, 0.29) is 12.8 Å². The van der Waals surface area contributed by atoms with Crippen LogP contribution in [0.25, 0.3) is 0 Å². The first kappa shape index (κ1) is 17.1. The molecule has 1 aliphatic heterocycles. The van der Waals surface area contributed by atoms with Gasteiger partial charge < -0.3 is 18.7 Å². The van der Waals surface area contributed by atoms with Gasteiger partial charge in [0.1, 0.15) is 5.22 Å². The third-order valence-corrected chi connectivity index (χ3v) is 8.97. The maximum absolute atomic E-state index is 9.50. The maximum atomic E-state index is 9.50. The van der Waals surface area contributed by atoms with E-state index in [4.69, 9.17) is 13.6 Å². The second kappa shape index (κ2) is 7.15. The molecule has 0 amide bonds. The van der Waals surface area contributed by atoms with Crippen molar-refractivity contribution in [2.24, 2.45) is 0 Å². The van der Waals surface area contributed by atoms with Gasteiger partial charge in [0.2, 0.25) is 0 Å². The molecular formula is C13H29NO4Si. The van der Waals surface area contributed by atoms with Crippen molar-refractivity contribution in [1.29, 1.82) is 0 Å². The van der Waals surface area contributed by atoms with Crippen molar-refractivity contribution in [1.82, 2.24) is 4.90 Å². The topological polar surface area (TPSA) is 51.2 Å². The van der Waals surface area contributed by atoms with Gasteiger partial charge in [-0.25, -0.2) is 0 Å². The highest BCUT2D eigenvalue weighted by molar-refractivity contribution is 6.71. The Morgan fingerprint density at radius 3 is 2.37 bits per heavy atom. The van der Waals surface area contributed by atoms with Gasteiger partial charge >= 0.3 is 8.56 Å². The summed E-state index contributed by atoms with van der Waals surface area (Å²) in [5, 5.41) is 9.09. The van der Waals surface area contributed by atoms with E-state index in [0.717, 1.165) is 31.7 Å². The van der Waals surface area contributed by atoms with Crippen molar-refractivity contribution in [2.75, 3.05) is 35.1 Å². The van der Waals surface area contributed by atoms with Gasteiger partial charge in [0.05, 0.1) is 6.73 Å². The number of aliphatic hydroxyl groups is 1. The van der Waals surface area contributed by atoms with E-state index in [2.05, 4.69) is 6.92 Å². The summed E-state index contributed by atoms with van der Waals surface area (Å²) < 4.78 is 17.8. The van der Waals surface area contributed by atoms with Gasteiger partial charge in [0.15, 0.2) is 0 Å². The molecule has 0 aromatic carbocycles. The van der Waals surface area contributed by atoms with Crippen molar-refractivity contribution in [3.8, 4) is 0 Å². The largest absolute Gasteiger partial charge is 0.396 e. The van der Waals surface area contributed by atoms with E-state index in [1.807, 2.05) is 11.9 Å². The first-order chi connectivity index (χ1) is 9.07. The minimum Gasteiger partial charge on any atom is -0.396 e. The summed E-state index contributed by atoms with van der Waals surface area (Å²) in [5.41, 5.74) is 0. The first-order valence-corrected chi connectivity index (χ1v) is 9.06. The standard InChI is InChI=1S/C13H29NO4Si/c1-6-9-13(16-3)12(14(2)11-15)8-7-10-19(13,17-4)18-5/h12,15H,6-11H2,1-5H3. The van der Waals surface area contributed by atoms with E-state index in [1.165, 1.54) is 0 Å². The normalized spacial score (nSPS) is 30.8. The van der Waals surface area contributed by atoms with Crippen LogP contribution in [0.4, 0.5) is 0 Å². The van der Waals surface area contributed by atoms with Crippen molar-refractivity contribution in [2.45, 2.75) is 49.9 Å². The molecular weight excluding hydrogens is 262 g/mol. The van der Waals surface area contributed by atoms with E-state index < -0.39 is 13.8 Å². The molecule has 1 fully saturated rings. The van der Waals surface area contributed by atoms with Gasteiger partial charge in [-0.2, -0.15) is 0 Å². The lowest BCUT2D eigenvalue weighted by molar-refractivity contribution is -0.0832. The molecule has 1 N–H and O–H groups in total. The van der Waals surface area contributed by atoms with Crippen LogP contribution in [0.2, 0.25) is 6.04 Å². The van der Waals surface area contributed by atoms with E-state index >= 15 is 0 Å². The van der Waals surface area contributed by atoms with E-state index in [0.29, 0.717) is 0 Å². The van der Waals surface area contributed by atoms with Gasteiger partial charge in [-0.1, -0.05) is 13.3 Å². The molecule has 0 saturated carbocycles. The average molecular weight is 291 g/mol. The Hall–Kier alpha value is 0.0169. The summed E-state index contributed by atoms with van der Waals surface area (Å²) in [6.07, 6.45) is 3.96. The van der Waals surface area contributed by atoms with Gasteiger partial charge in [0, 0.05) is 27.4 Å². The van der Waals surface area contributed by atoms with Crippen LogP contribution < -0.4 is 0 Å². The van der Waals surface area contributed by atoms with Crippen LogP contribution in [0.1, 0.15) is 32.6 Å². The number of likely N-dealkylation sites (N-methyl/N-ethyl adjacent to an activating group) is 1. The number of aliphatic hydroxyl groups excluding tert-OH is 1. The van der Waals surface area contributed by atoms with Crippen LogP contribution in [0, 0.1) is 0 Å². The lowest BCUT2D eigenvalue weighted by atomic mass is 9.98. The maximum Gasteiger partial charge on any atom is 0.372 e. The minimum atomic E-state index is -2.45. The zero-order chi connectivity index (χ0) is 14.5. The molecule has 2 unspecified atom stereocenters. The third-order valence-electron chi connectivity index (χ3n) is 4.57. The van der Waals surface area contributed by atoms with Crippen molar-refractivity contribution >= 4 is 8.56 Å². The molecule has 2 atom stereocenters. The Bertz CT molecular complexity index is 275. The number of methoxy groups -OCH3 is 1. The molecule has 0 aromatic heterocycles. The summed E-state index contributed by atoms with van der Waals surface area (Å²) in [4.78, 5) is 1.96. The van der Waals surface area contributed by atoms with Crippen LogP contribution in [-0.4, -0.2) is 64.9 Å². The fourth-order valence-electron chi connectivity index (χ4n) is 3.66. The van der Waals surface area contributed by atoms with Gasteiger partial charge in [-0.05, 0) is 32.4 Å². The van der Waals surface area contributed by atoms with Crippen LogP contribution in [0.5, 0.6) is 0 Å². The van der Waals surface area contributed by atoms with Gasteiger partial charge in [-0.15, -0.1) is 0 Å². The highest BCUT2D eigenvalue weighted by Crippen LogP contribution is 2.44. The van der Waals surface area contributed by atoms with Gasteiger partial charge in [-0.3, -0.25) is 4.90 Å². The molecule has 19 heavy (non-hydrogen) atoms. The summed E-state index contributed by atoms with van der Waals surface area (Å²) in [6, 6.07) is 1.09. The smallest absolute Gasteiger partial charge is 0.372 e. The second-order valence-corrected chi connectivity index (χ2v) is 8.98. The summed E-state index contributed by atoms with van der Waals surface area (Å²) >= 11 is 0. The molecule has 0 aliphatic carbocycles.